The number of methoxy groups -OCH3 is 2. The lowest BCUT2D eigenvalue weighted by Crippen LogP contribution is -2.30. The Morgan fingerprint density at radius 2 is 2.07 bits per heavy atom. The molecule has 4 rings (SSSR count). The molecule has 1 atom stereocenters. The predicted molar refractivity (Wildman–Crippen MR) is 111 cm³/mol. The Kier molecular flexibility index (Phi) is 5.48. The molecule has 2 heterocycles. The minimum absolute atomic E-state index is 0.0590. The number of likely N-dealkylation sites (tertiary alicyclic amines) is 1. The fourth-order valence-corrected chi connectivity index (χ4v) is 4.83. The maximum absolute atomic E-state index is 13.0. The summed E-state index contributed by atoms with van der Waals surface area (Å²) in [6, 6.07) is 14.0. The van der Waals surface area contributed by atoms with Crippen LogP contribution >= 0.6 is 11.3 Å². The fourth-order valence-electron chi connectivity index (χ4n) is 3.87. The van der Waals surface area contributed by atoms with Crippen LogP contribution in [0.1, 0.15) is 35.9 Å². The van der Waals surface area contributed by atoms with Gasteiger partial charge in [-0.25, -0.2) is 4.98 Å². The number of hydrogen-bond acceptors (Lipinski definition) is 5. The molecule has 1 aromatic heterocycles. The number of benzene rings is 2. The highest BCUT2D eigenvalue weighted by Gasteiger charge is 2.31. The third-order valence-corrected chi connectivity index (χ3v) is 6.36. The largest absolute Gasteiger partial charge is 0.497 e. The normalized spacial score (nSPS) is 16.5. The van der Waals surface area contributed by atoms with Crippen molar-refractivity contribution >= 4 is 27.5 Å². The number of fused-ring (bicyclic) bond motifs is 1. The van der Waals surface area contributed by atoms with Crippen molar-refractivity contribution in [2.45, 2.75) is 31.7 Å². The van der Waals surface area contributed by atoms with Gasteiger partial charge < -0.3 is 14.4 Å². The number of rotatable bonds is 6. The van der Waals surface area contributed by atoms with Gasteiger partial charge in [0.2, 0.25) is 5.91 Å². The molecule has 0 saturated carbocycles. The van der Waals surface area contributed by atoms with Crippen LogP contribution in [0.15, 0.2) is 42.5 Å². The third-order valence-electron chi connectivity index (χ3n) is 5.26. The smallest absolute Gasteiger partial charge is 0.223 e. The number of aryl methyl sites for hydroxylation is 1. The second-order valence-electron chi connectivity index (χ2n) is 6.93. The van der Waals surface area contributed by atoms with E-state index in [9.17, 15) is 4.79 Å². The van der Waals surface area contributed by atoms with Crippen LogP contribution in [0, 0.1) is 0 Å². The first-order valence-corrected chi connectivity index (χ1v) is 10.4. The summed E-state index contributed by atoms with van der Waals surface area (Å²) in [6.45, 7) is 0.790. The van der Waals surface area contributed by atoms with Gasteiger partial charge in [-0.1, -0.05) is 12.1 Å². The van der Waals surface area contributed by atoms with E-state index in [2.05, 4.69) is 11.1 Å². The van der Waals surface area contributed by atoms with E-state index in [-0.39, 0.29) is 11.9 Å². The highest BCUT2D eigenvalue weighted by Crippen LogP contribution is 2.39. The van der Waals surface area contributed by atoms with E-state index in [0.29, 0.717) is 12.8 Å². The van der Waals surface area contributed by atoms with Gasteiger partial charge in [0.05, 0.1) is 35.5 Å². The van der Waals surface area contributed by atoms with E-state index in [4.69, 9.17) is 9.47 Å². The van der Waals surface area contributed by atoms with Crippen LogP contribution in [-0.4, -0.2) is 36.6 Å². The molecule has 1 aliphatic heterocycles. The number of hydrogen-bond donors (Lipinski definition) is 0. The summed E-state index contributed by atoms with van der Waals surface area (Å²) in [4.78, 5) is 19.6. The zero-order valence-electron chi connectivity index (χ0n) is 16.2. The molecule has 0 N–H and O–H groups in total. The Morgan fingerprint density at radius 3 is 2.86 bits per heavy atom. The summed E-state index contributed by atoms with van der Waals surface area (Å²) < 4.78 is 12.0. The van der Waals surface area contributed by atoms with Gasteiger partial charge in [-0.05, 0) is 37.1 Å². The molecule has 28 heavy (non-hydrogen) atoms. The second-order valence-corrected chi connectivity index (χ2v) is 8.04. The van der Waals surface area contributed by atoms with Crippen LogP contribution in [0.5, 0.6) is 11.5 Å². The molecule has 0 aliphatic carbocycles. The van der Waals surface area contributed by atoms with Gasteiger partial charge in [0, 0.05) is 31.0 Å². The molecule has 1 amide bonds. The first kappa shape index (κ1) is 18.7. The van der Waals surface area contributed by atoms with Crippen molar-refractivity contribution in [2.75, 3.05) is 20.8 Å². The lowest BCUT2D eigenvalue weighted by molar-refractivity contribution is -0.132. The molecule has 1 saturated heterocycles. The van der Waals surface area contributed by atoms with Crippen LogP contribution in [0.25, 0.3) is 10.2 Å². The Hall–Kier alpha value is -2.60. The summed E-state index contributed by atoms with van der Waals surface area (Å²) in [7, 11) is 3.30. The maximum Gasteiger partial charge on any atom is 0.223 e. The van der Waals surface area contributed by atoms with E-state index < -0.39 is 0 Å². The number of nitrogens with zero attached hydrogens (tertiary/aromatic N) is 2. The maximum atomic E-state index is 13.0. The van der Waals surface area contributed by atoms with Gasteiger partial charge in [0.25, 0.3) is 0 Å². The molecule has 0 bridgehead atoms. The number of ether oxygens (including phenoxy) is 2. The summed E-state index contributed by atoms with van der Waals surface area (Å²) in [6.07, 6.45) is 3.12. The molecular weight excluding hydrogens is 372 g/mol. The summed E-state index contributed by atoms with van der Waals surface area (Å²) in [5.41, 5.74) is 2.06. The van der Waals surface area contributed by atoms with Crippen molar-refractivity contribution in [3.63, 3.8) is 0 Å². The van der Waals surface area contributed by atoms with Gasteiger partial charge in [0.1, 0.15) is 11.5 Å². The Bertz CT molecular complexity index is 952. The monoisotopic (exact) mass is 396 g/mol. The van der Waals surface area contributed by atoms with Crippen molar-refractivity contribution < 1.29 is 14.3 Å². The number of para-hydroxylation sites is 1. The van der Waals surface area contributed by atoms with Crippen LogP contribution in [0.2, 0.25) is 0 Å². The number of carbonyl (C=O) groups excluding carboxylic acids is 1. The molecule has 146 valence electrons. The van der Waals surface area contributed by atoms with Gasteiger partial charge >= 0.3 is 0 Å². The second kappa shape index (κ2) is 8.19. The molecule has 5 nitrogen and oxygen atoms in total. The number of aromatic nitrogens is 1. The Balaban J connectivity index is 1.47. The number of carbonyl (C=O) groups is 1. The minimum Gasteiger partial charge on any atom is -0.497 e. The standard InChI is InChI=1S/C22H24N2O3S/c1-26-15-9-10-16(19(14-15)27-2)18-7-5-13-24(18)22(25)12-11-21-23-17-6-3-4-8-20(17)28-21/h3-4,6,8-10,14,18H,5,7,11-13H2,1-2H3. The van der Waals surface area contributed by atoms with Gasteiger partial charge in [0.15, 0.2) is 0 Å². The minimum atomic E-state index is 0.0590. The molecule has 2 aromatic carbocycles. The SMILES string of the molecule is COc1ccc(C2CCCN2C(=O)CCc2nc3ccccc3s2)c(OC)c1. The lowest BCUT2D eigenvalue weighted by Gasteiger charge is -2.26. The molecule has 6 heteroatoms. The first-order chi connectivity index (χ1) is 13.7. The third kappa shape index (κ3) is 3.69. The predicted octanol–water partition coefficient (Wildman–Crippen LogP) is 4.61. The highest BCUT2D eigenvalue weighted by molar-refractivity contribution is 7.18. The molecule has 0 spiro atoms. The van der Waals surface area contributed by atoms with Crippen molar-refractivity contribution in [3.8, 4) is 11.5 Å². The van der Waals surface area contributed by atoms with Gasteiger partial charge in [-0.3, -0.25) is 4.79 Å². The fraction of sp³-hybridized carbons (Fsp3) is 0.364. The van der Waals surface area contributed by atoms with E-state index in [1.54, 1.807) is 25.6 Å². The Labute approximate surface area is 168 Å². The van der Waals surface area contributed by atoms with Crippen LogP contribution < -0.4 is 9.47 Å². The van der Waals surface area contributed by atoms with E-state index in [0.717, 1.165) is 47.0 Å². The van der Waals surface area contributed by atoms with Gasteiger partial charge in [-0.15, -0.1) is 11.3 Å². The quantitative estimate of drug-likeness (QED) is 0.611. The van der Waals surface area contributed by atoms with Crippen LogP contribution in [0.3, 0.4) is 0 Å². The summed E-state index contributed by atoms with van der Waals surface area (Å²) >= 11 is 1.67. The number of thiazole rings is 1. The highest BCUT2D eigenvalue weighted by atomic mass is 32.1. The average Bonchev–Trinajstić information content (AvgIpc) is 3.38. The van der Waals surface area contributed by atoms with E-state index >= 15 is 0 Å². The zero-order chi connectivity index (χ0) is 19.5. The number of amides is 1. The summed E-state index contributed by atoms with van der Waals surface area (Å²) in [5, 5.41) is 1.02. The molecule has 1 fully saturated rings. The summed E-state index contributed by atoms with van der Waals surface area (Å²) in [5.74, 6) is 1.71. The molecule has 0 radical (unpaired) electrons. The molecule has 1 aliphatic rings. The topological polar surface area (TPSA) is 51.7 Å². The van der Waals surface area contributed by atoms with Crippen LogP contribution in [0.4, 0.5) is 0 Å². The van der Waals surface area contributed by atoms with E-state index in [1.165, 1.54) is 4.70 Å². The average molecular weight is 397 g/mol. The van der Waals surface area contributed by atoms with Gasteiger partial charge in [-0.2, -0.15) is 0 Å². The molecule has 3 aromatic rings. The van der Waals surface area contributed by atoms with Crippen molar-refractivity contribution in [1.82, 2.24) is 9.88 Å². The van der Waals surface area contributed by atoms with Crippen molar-refractivity contribution in [2.24, 2.45) is 0 Å². The van der Waals surface area contributed by atoms with E-state index in [1.807, 2.05) is 41.3 Å². The van der Waals surface area contributed by atoms with Crippen molar-refractivity contribution in [1.29, 1.82) is 0 Å². The Morgan fingerprint density at radius 1 is 1.21 bits per heavy atom. The lowest BCUT2D eigenvalue weighted by atomic mass is 10.0. The first-order valence-electron chi connectivity index (χ1n) is 9.55. The molecule has 1 unspecified atom stereocenters. The molecular formula is C22H24N2O3S. The van der Waals surface area contributed by atoms with Crippen molar-refractivity contribution in [3.05, 3.63) is 53.0 Å². The van der Waals surface area contributed by atoms with Crippen LogP contribution in [-0.2, 0) is 11.2 Å². The zero-order valence-corrected chi connectivity index (χ0v) is 17.0.